The maximum Gasteiger partial charge on any atom is 0.142 e. The van der Waals surface area contributed by atoms with E-state index in [1.807, 2.05) is 41.0 Å². The largest absolute Gasteiger partial charge is 0.495 e. The summed E-state index contributed by atoms with van der Waals surface area (Å²) >= 11 is 3.48. The Kier molecular flexibility index (Phi) is 2.91. The minimum atomic E-state index is 0.707. The number of methoxy groups -OCH3 is 1. The monoisotopic (exact) mass is 317 g/mol. The third-order valence-electron chi connectivity index (χ3n) is 2.97. The van der Waals surface area contributed by atoms with Crippen molar-refractivity contribution in [1.82, 2.24) is 9.55 Å². The summed E-state index contributed by atoms with van der Waals surface area (Å²) in [6.45, 7) is 0. The van der Waals surface area contributed by atoms with E-state index in [1.165, 1.54) is 0 Å². The van der Waals surface area contributed by atoms with E-state index in [9.17, 15) is 0 Å². The number of hydrogen-bond acceptors (Lipinski definition) is 3. The molecule has 2 N–H and O–H groups in total. The zero-order chi connectivity index (χ0) is 13.4. The molecule has 1 heterocycles. The number of nitrogens with two attached hydrogens (primary N) is 1. The van der Waals surface area contributed by atoms with Gasteiger partial charge in [0.15, 0.2) is 0 Å². The van der Waals surface area contributed by atoms with Gasteiger partial charge >= 0.3 is 0 Å². The summed E-state index contributed by atoms with van der Waals surface area (Å²) in [6, 6.07) is 11.5. The van der Waals surface area contributed by atoms with Crippen LogP contribution in [0, 0.1) is 0 Å². The van der Waals surface area contributed by atoms with Crippen molar-refractivity contribution in [2.45, 2.75) is 0 Å². The Bertz CT molecular complexity index is 752. The Balaban J connectivity index is 2.27. The molecule has 0 aliphatic carbocycles. The zero-order valence-corrected chi connectivity index (χ0v) is 11.9. The minimum absolute atomic E-state index is 0.707. The van der Waals surface area contributed by atoms with Gasteiger partial charge in [-0.3, -0.25) is 4.57 Å². The Hall–Kier alpha value is -2.01. The number of rotatable bonds is 2. The van der Waals surface area contributed by atoms with Crippen LogP contribution in [-0.4, -0.2) is 16.7 Å². The number of hydrogen-bond donors (Lipinski definition) is 1. The molecule has 4 nitrogen and oxygen atoms in total. The molecule has 0 spiro atoms. The molecule has 0 bridgehead atoms. The number of anilines is 1. The molecule has 1 aromatic heterocycles. The van der Waals surface area contributed by atoms with E-state index in [-0.39, 0.29) is 0 Å². The molecule has 0 fully saturated rings. The first-order valence-corrected chi connectivity index (χ1v) is 6.55. The smallest absolute Gasteiger partial charge is 0.142 e. The van der Waals surface area contributed by atoms with Crippen molar-refractivity contribution < 1.29 is 4.74 Å². The molecule has 19 heavy (non-hydrogen) atoms. The molecule has 0 aliphatic heterocycles. The van der Waals surface area contributed by atoms with Crippen LogP contribution in [0.1, 0.15) is 0 Å². The highest BCUT2D eigenvalue weighted by molar-refractivity contribution is 9.10. The summed E-state index contributed by atoms with van der Waals surface area (Å²) in [7, 11) is 1.66. The average Bonchev–Trinajstić information content (AvgIpc) is 2.81. The Morgan fingerprint density at radius 1 is 1.21 bits per heavy atom. The van der Waals surface area contributed by atoms with Gasteiger partial charge in [0.2, 0.25) is 0 Å². The zero-order valence-electron chi connectivity index (χ0n) is 10.3. The number of benzene rings is 2. The lowest BCUT2D eigenvalue weighted by molar-refractivity contribution is 0.413. The van der Waals surface area contributed by atoms with E-state index < -0.39 is 0 Å². The number of halogens is 1. The molecular weight excluding hydrogens is 306 g/mol. The molecule has 3 rings (SSSR count). The van der Waals surface area contributed by atoms with Gasteiger partial charge in [0.25, 0.3) is 0 Å². The third kappa shape index (κ3) is 2.06. The van der Waals surface area contributed by atoms with Crippen LogP contribution >= 0.6 is 15.9 Å². The van der Waals surface area contributed by atoms with Gasteiger partial charge in [-0.25, -0.2) is 4.98 Å². The first-order chi connectivity index (χ1) is 9.19. The van der Waals surface area contributed by atoms with Crippen molar-refractivity contribution in [3.05, 3.63) is 47.2 Å². The molecule has 0 saturated carbocycles. The van der Waals surface area contributed by atoms with Gasteiger partial charge < -0.3 is 10.5 Å². The molecular formula is C14H12BrN3O. The lowest BCUT2D eigenvalue weighted by Gasteiger charge is -2.10. The molecule has 2 aromatic carbocycles. The summed E-state index contributed by atoms with van der Waals surface area (Å²) in [4.78, 5) is 4.37. The van der Waals surface area contributed by atoms with Crippen LogP contribution in [0.15, 0.2) is 47.2 Å². The van der Waals surface area contributed by atoms with Crippen LogP contribution in [0.25, 0.3) is 16.7 Å². The fourth-order valence-corrected chi connectivity index (χ4v) is 2.42. The van der Waals surface area contributed by atoms with E-state index in [2.05, 4.69) is 20.9 Å². The maximum absolute atomic E-state index is 5.77. The summed E-state index contributed by atoms with van der Waals surface area (Å²) in [5.41, 5.74) is 9.27. The fourth-order valence-electron chi connectivity index (χ4n) is 2.07. The summed E-state index contributed by atoms with van der Waals surface area (Å²) in [5, 5.41) is 0. The van der Waals surface area contributed by atoms with E-state index in [0.29, 0.717) is 5.69 Å². The number of imidazole rings is 1. The minimum Gasteiger partial charge on any atom is -0.495 e. The topological polar surface area (TPSA) is 53.1 Å². The maximum atomic E-state index is 5.77. The highest BCUT2D eigenvalue weighted by atomic mass is 79.9. The van der Waals surface area contributed by atoms with E-state index >= 15 is 0 Å². The van der Waals surface area contributed by atoms with E-state index in [4.69, 9.17) is 10.5 Å². The number of fused-ring (bicyclic) bond motifs is 1. The number of nitrogen functional groups attached to an aromatic ring is 1. The fraction of sp³-hybridized carbons (Fsp3) is 0.0714. The molecule has 0 radical (unpaired) electrons. The van der Waals surface area contributed by atoms with Crippen molar-refractivity contribution in [3.8, 4) is 11.4 Å². The first kappa shape index (κ1) is 12.0. The second-order valence-electron chi connectivity index (χ2n) is 4.18. The van der Waals surface area contributed by atoms with Crippen molar-refractivity contribution in [2.75, 3.05) is 12.8 Å². The third-order valence-corrected chi connectivity index (χ3v) is 3.46. The molecule has 0 saturated heterocycles. The van der Waals surface area contributed by atoms with Gasteiger partial charge in [0.05, 0.1) is 23.8 Å². The van der Waals surface area contributed by atoms with Crippen LogP contribution in [0.5, 0.6) is 5.75 Å². The highest BCUT2D eigenvalue weighted by Gasteiger charge is 2.10. The predicted octanol–water partition coefficient (Wildman–Crippen LogP) is 3.38. The molecule has 5 heteroatoms. The Morgan fingerprint density at radius 3 is 2.84 bits per heavy atom. The average molecular weight is 318 g/mol. The molecule has 0 amide bonds. The molecule has 3 aromatic rings. The molecule has 96 valence electrons. The van der Waals surface area contributed by atoms with E-state index in [0.717, 1.165) is 26.9 Å². The number of aromatic nitrogens is 2. The summed E-state index contributed by atoms with van der Waals surface area (Å²) in [6.07, 6.45) is 1.77. The van der Waals surface area contributed by atoms with Crippen LogP contribution < -0.4 is 10.5 Å². The Labute approximate surface area is 118 Å². The van der Waals surface area contributed by atoms with Gasteiger partial charge in [-0.2, -0.15) is 0 Å². The van der Waals surface area contributed by atoms with Crippen molar-refractivity contribution in [1.29, 1.82) is 0 Å². The predicted molar refractivity (Wildman–Crippen MR) is 79.7 cm³/mol. The molecule has 0 atom stereocenters. The second kappa shape index (κ2) is 4.59. The normalized spacial score (nSPS) is 10.8. The van der Waals surface area contributed by atoms with Gasteiger partial charge in [-0.1, -0.05) is 15.9 Å². The van der Waals surface area contributed by atoms with Gasteiger partial charge in [-0.15, -0.1) is 0 Å². The van der Waals surface area contributed by atoms with Crippen LogP contribution in [0.3, 0.4) is 0 Å². The Morgan fingerprint density at radius 2 is 2.05 bits per heavy atom. The van der Waals surface area contributed by atoms with Crippen molar-refractivity contribution in [2.24, 2.45) is 0 Å². The second-order valence-corrected chi connectivity index (χ2v) is 5.09. The lowest BCUT2D eigenvalue weighted by Crippen LogP contribution is -1.96. The van der Waals surface area contributed by atoms with Crippen LogP contribution in [0.2, 0.25) is 0 Å². The summed E-state index contributed by atoms with van der Waals surface area (Å²) < 4.78 is 8.37. The standard InChI is InChI=1S/C14H12BrN3O/c1-19-14-5-2-9(15)6-13(14)18-8-17-11-7-10(16)3-4-12(11)18/h2-8H,16H2,1H3. The quantitative estimate of drug-likeness (QED) is 0.737. The first-order valence-electron chi connectivity index (χ1n) is 5.75. The molecule has 0 unspecified atom stereocenters. The van der Waals surface area contributed by atoms with E-state index in [1.54, 1.807) is 13.4 Å². The number of ether oxygens (including phenoxy) is 1. The van der Waals surface area contributed by atoms with Crippen LogP contribution in [0.4, 0.5) is 5.69 Å². The van der Waals surface area contributed by atoms with Crippen molar-refractivity contribution >= 4 is 32.7 Å². The summed E-state index contributed by atoms with van der Waals surface area (Å²) in [5.74, 6) is 0.791. The van der Waals surface area contributed by atoms with Crippen molar-refractivity contribution in [3.63, 3.8) is 0 Å². The van der Waals surface area contributed by atoms with Crippen LogP contribution in [-0.2, 0) is 0 Å². The number of nitrogens with zero attached hydrogens (tertiary/aromatic N) is 2. The lowest BCUT2D eigenvalue weighted by atomic mass is 10.2. The SMILES string of the molecule is COc1ccc(Br)cc1-n1cnc2cc(N)ccc21. The van der Waals surface area contributed by atoms with Gasteiger partial charge in [0.1, 0.15) is 12.1 Å². The van der Waals surface area contributed by atoms with Gasteiger partial charge in [-0.05, 0) is 36.4 Å². The molecule has 0 aliphatic rings. The van der Waals surface area contributed by atoms with Gasteiger partial charge in [0, 0.05) is 10.2 Å². The highest BCUT2D eigenvalue weighted by Crippen LogP contribution is 2.29.